The molecule has 0 aliphatic rings. The van der Waals surface area contributed by atoms with E-state index in [4.69, 9.17) is 4.74 Å². The van der Waals surface area contributed by atoms with Crippen molar-refractivity contribution in [3.05, 3.63) is 39.7 Å². The Morgan fingerprint density at radius 1 is 1.44 bits per heavy atom. The van der Waals surface area contributed by atoms with E-state index in [1.54, 1.807) is 7.11 Å². The van der Waals surface area contributed by atoms with Gasteiger partial charge in [0.1, 0.15) is 5.82 Å². The zero-order valence-corrected chi connectivity index (χ0v) is 10.7. The van der Waals surface area contributed by atoms with E-state index in [0.717, 1.165) is 6.07 Å². The summed E-state index contributed by atoms with van der Waals surface area (Å²) in [5, 5.41) is 13.8. The molecule has 0 fully saturated rings. The number of benzene rings is 1. The molecule has 1 aromatic carbocycles. The molecule has 0 aliphatic carbocycles. The minimum atomic E-state index is -0.606. The van der Waals surface area contributed by atoms with Crippen LogP contribution in [0.3, 0.4) is 0 Å². The molecule has 5 nitrogen and oxygen atoms in total. The standard InChI is InChI=1S/C12H17FN2O3/c1-12(2,8-18-3)14-7-9-4-10(13)6-11(5-9)15(16)17/h4-6,14H,7-8H2,1-3H3. The maximum atomic E-state index is 13.2. The molecule has 1 aromatic rings. The maximum absolute atomic E-state index is 13.2. The number of halogens is 1. The molecule has 0 atom stereocenters. The first-order valence-electron chi connectivity index (χ1n) is 5.52. The predicted octanol–water partition coefficient (Wildman–Crippen LogP) is 2.25. The minimum absolute atomic E-state index is 0.239. The Bertz CT molecular complexity index is 435. The van der Waals surface area contributed by atoms with Gasteiger partial charge in [0.05, 0.1) is 17.6 Å². The van der Waals surface area contributed by atoms with Gasteiger partial charge in [0.25, 0.3) is 5.69 Å². The van der Waals surface area contributed by atoms with Gasteiger partial charge >= 0.3 is 0 Å². The fourth-order valence-electron chi connectivity index (χ4n) is 1.59. The third-order valence-electron chi connectivity index (χ3n) is 2.43. The van der Waals surface area contributed by atoms with Crippen molar-refractivity contribution in [3.63, 3.8) is 0 Å². The number of hydrogen-bond donors (Lipinski definition) is 1. The van der Waals surface area contributed by atoms with Gasteiger partial charge in [-0.1, -0.05) is 0 Å². The highest BCUT2D eigenvalue weighted by Crippen LogP contribution is 2.17. The predicted molar refractivity (Wildman–Crippen MR) is 65.8 cm³/mol. The van der Waals surface area contributed by atoms with Gasteiger partial charge < -0.3 is 10.1 Å². The number of methoxy groups -OCH3 is 1. The highest BCUT2D eigenvalue weighted by molar-refractivity contribution is 5.35. The van der Waals surface area contributed by atoms with Crippen LogP contribution in [0, 0.1) is 15.9 Å². The van der Waals surface area contributed by atoms with Gasteiger partial charge in [0.15, 0.2) is 0 Å². The lowest BCUT2D eigenvalue weighted by Crippen LogP contribution is -2.42. The molecule has 0 saturated heterocycles. The van der Waals surface area contributed by atoms with E-state index in [0.29, 0.717) is 18.7 Å². The molecule has 0 saturated carbocycles. The average molecular weight is 256 g/mol. The van der Waals surface area contributed by atoms with Crippen molar-refractivity contribution in [1.82, 2.24) is 5.32 Å². The topological polar surface area (TPSA) is 64.4 Å². The normalized spacial score (nSPS) is 11.6. The molecule has 0 aliphatic heterocycles. The first-order chi connectivity index (χ1) is 8.34. The highest BCUT2D eigenvalue weighted by Gasteiger charge is 2.17. The zero-order chi connectivity index (χ0) is 13.8. The molecule has 0 amide bonds. The number of non-ortho nitro benzene ring substituents is 1. The summed E-state index contributed by atoms with van der Waals surface area (Å²) in [6.45, 7) is 4.70. The molecule has 6 heteroatoms. The molecule has 0 spiro atoms. The van der Waals surface area contributed by atoms with Crippen LogP contribution >= 0.6 is 0 Å². The number of hydrogen-bond acceptors (Lipinski definition) is 4. The average Bonchev–Trinajstić information content (AvgIpc) is 2.26. The molecular weight excluding hydrogens is 239 g/mol. The van der Waals surface area contributed by atoms with Crippen LogP contribution in [-0.2, 0) is 11.3 Å². The van der Waals surface area contributed by atoms with Gasteiger partial charge in [-0.25, -0.2) is 4.39 Å². The molecule has 18 heavy (non-hydrogen) atoms. The summed E-state index contributed by atoms with van der Waals surface area (Å²) in [5.41, 5.74) is 0.0118. The molecule has 100 valence electrons. The second-order valence-electron chi connectivity index (χ2n) is 4.75. The molecular formula is C12H17FN2O3. The van der Waals surface area contributed by atoms with Crippen molar-refractivity contribution in [1.29, 1.82) is 0 Å². The van der Waals surface area contributed by atoms with Crippen molar-refractivity contribution in [2.75, 3.05) is 13.7 Å². The van der Waals surface area contributed by atoms with Crippen molar-refractivity contribution >= 4 is 5.69 Å². The minimum Gasteiger partial charge on any atom is -0.383 e. The molecule has 0 bridgehead atoms. The van der Waals surface area contributed by atoms with E-state index in [1.165, 1.54) is 12.1 Å². The largest absolute Gasteiger partial charge is 0.383 e. The lowest BCUT2D eigenvalue weighted by atomic mass is 10.1. The number of nitrogens with one attached hydrogen (secondary N) is 1. The Morgan fingerprint density at radius 3 is 2.67 bits per heavy atom. The maximum Gasteiger partial charge on any atom is 0.272 e. The van der Waals surface area contributed by atoms with Crippen molar-refractivity contribution in [3.8, 4) is 0 Å². The third kappa shape index (κ3) is 4.38. The Balaban J connectivity index is 2.76. The molecule has 1 rings (SSSR count). The summed E-state index contributed by atoms with van der Waals surface area (Å²) >= 11 is 0. The van der Waals surface area contributed by atoms with Gasteiger partial charge in [0, 0.05) is 25.3 Å². The molecule has 0 heterocycles. The monoisotopic (exact) mass is 256 g/mol. The van der Waals surface area contributed by atoms with Gasteiger partial charge in [-0.3, -0.25) is 10.1 Å². The summed E-state index contributed by atoms with van der Waals surface area (Å²) in [6, 6.07) is 3.55. The Kier molecular flexibility index (Phi) is 4.75. The van der Waals surface area contributed by atoms with Crippen LogP contribution in [0.1, 0.15) is 19.4 Å². The Hall–Kier alpha value is -1.53. The van der Waals surface area contributed by atoms with Crippen molar-refractivity contribution in [2.45, 2.75) is 25.9 Å². The zero-order valence-electron chi connectivity index (χ0n) is 10.7. The number of nitrogens with zero attached hydrogens (tertiary/aromatic N) is 1. The molecule has 0 radical (unpaired) electrons. The summed E-state index contributed by atoms with van der Waals surface area (Å²) in [4.78, 5) is 10.0. The summed E-state index contributed by atoms with van der Waals surface area (Å²) in [7, 11) is 1.59. The number of ether oxygens (including phenoxy) is 1. The van der Waals surface area contributed by atoms with Crippen molar-refractivity contribution < 1.29 is 14.1 Å². The third-order valence-corrected chi connectivity index (χ3v) is 2.43. The SMILES string of the molecule is COCC(C)(C)NCc1cc(F)cc([N+](=O)[O-])c1. The summed E-state index contributed by atoms with van der Waals surface area (Å²) < 4.78 is 18.2. The van der Waals surface area contributed by atoms with E-state index in [-0.39, 0.29) is 11.2 Å². The first-order valence-corrected chi connectivity index (χ1v) is 5.52. The Morgan fingerprint density at radius 2 is 2.11 bits per heavy atom. The highest BCUT2D eigenvalue weighted by atomic mass is 19.1. The Labute approximate surface area is 105 Å². The van der Waals surface area contributed by atoms with Gasteiger partial charge in [-0.05, 0) is 25.5 Å². The molecule has 1 N–H and O–H groups in total. The number of rotatable bonds is 6. The molecule has 0 unspecified atom stereocenters. The van der Waals surface area contributed by atoms with E-state index in [2.05, 4.69) is 5.32 Å². The van der Waals surface area contributed by atoms with Crippen LogP contribution in [0.25, 0.3) is 0 Å². The van der Waals surface area contributed by atoms with E-state index >= 15 is 0 Å². The van der Waals surface area contributed by atoms with Crippen LogP contribution < -0.4 is 5.32 Å². The molecule has 0 aromatic heterocycles. The van der Waals surface area contributed by atoms with Gasteiger partial charge in [-0.2, -0.15) is 0 Å². The second-order valence-corrected chi connectivity index (χ2v) is 4.75. The van der Waals surface area contributed by atoms with Crippen LogP contribution in [0.15, 0.2) is 18.2 Å². The van der Waals surface area contributed by atoms with E-state index in [9.17, 15) is 14.5 Å². The summed E-state index contributed by atoms with van der Waals surface area (Å²) in [6.07, 6.45) is 0. The summed E-state index contributed by atoms with van der Waals surface area (Å²) in [5.74, 6) is -0.606. The van der Waals surface area contributed by atoms with Crippen LogP contribution in [0.4, 0.5) is 10.1 Å². The van der Waals surface area contributed by atoms with Crippen molar-refractivity contribution in [2.24, 2.45) is 0 Å². The van der Waals surface area contributed by atoms with Crippen LogP contribution in [-0.4, -0.2) is 24.2 Å². The smallest absolute Gasteiger partial charge is 0.272 e. The first kappa shape index (κ1) is 14.5. The van der Waals surface area contributed by atoms with Gasteiger partial charge in [0.2, 0.25) is 0 Å². The van der Waals surface area contributed by atoms with E-state index in [1.807, 2.05) is 13.8 Å². The van der Waals surface area contributed by atoms with Gasteiger partial charge in [-0.15, -0.1) is 0 Å². The van der Waals surface area contributed by atoms with E-state index < -0.39 is 10.7 Å². The number of nitro groups is 1. The number of nitro benzene ring substituents is 1. The lowest BCUT2D eigenvalue weighted by molar-refractivity contribution is -0.385. The fraction of sp³-hybridized carbons (Fsp3) is 0.500. The quantitative estimate of drug-likeness (QED) is 0.626. The van der Waals surface area contributed by atoms with Crippen LogP contribution in [0.5, 0.6) is 0 Å². The van der Waals surface area contributed by atoms with Crippen LogP contribution in [0.2, 0.25) is 0 Å². The fourth-order valence-corrected chi connectivity index (χ4v) is 1.59. The second kappa shape index (κ2) is 5.88. The lowest BCUT2D eigenvalue weighted by Gasteiger charge is -2.25.